The van der Waals surface area contributed by atoms with Gasteiger partial charge in [0.05, 0.1) is 0 Å². The Bertz CT molecular complexity index is 377. The third-order valence-corrected chi connectivity index (χ3v) is 3.70. The summed E-state index contributed by atoms with van der Waals surface area (Å²) >= 11 is 6.14. The molecule has 1 atom stereocenters. The van der Waals surface area contributed by atoms with E-state index in [1.807, 2.05) is 25.1 Å². The maximum Gasteiger partial charge on any atom is 0.0463 e. The Morgan fingerprint density at radius 1 is 1.39 bits per heavy atom. The Labute approximate surface area is 115 Å². The second-order valence-electron chi connectivity index (χ2n) is 4.60. The van der Waals surface area contributed by atoms with Crippen LogP contribution in [0.1, 0.15) is 49.3 Å². The number of hydrogen-bond acceptors (Lipinski definition) is 2. The van der Waals surface area contributed by atoms with E-state index in [2.05, 4.69) is 18.1 Å². The van der Waals surface area contributed by atoms with Gasteiger partial charge in [0.15, 0.2) is 0 Å². The van der Waals surface area contributed by atoms with E-state index in [1.165, 1.54) is 18.4 Å². The molecule has 0 aliphatic rings. The van der Waals surface area contributed by atoms with Gasteiger partial charge in [-0.2, -0.15) is 0 Å². The standard InChI is InChI=1S/C15H23ClN2/c1-3-4-5-6-7-11-15(18-17)13-9-8-10-14(16)12(13)2/h3,8-10,15,18H,1,4-7,11,17H2,2H3. The van der Waals surface area contributed by atoms with Crippen molar-refractivity contribution in [2.45, 2.75) is 45.1 Å². The van der Waals surface area contributed by atoms with Gasteiger partial charge in [0.25, 0.3) is 0 Å². The Balaban J connectivity index is 2.55. The lowest BCUT2D eigenvalue weighted by molar-refractivity contribution is 0.482. The highest BCUT2D eigenvalue weighted by Gasteiger charge is 2.13. The van der Waals surface area contributed by atoms with Gasteiger partial charge < -0.3 is 0 Å². The van der Waals surface area contributed by atoms with E-state index < -0.39 is 0 Å². The predicted molar refractivity (Wildman–Crippen MR) is 79.5 cm³/mol. The van der Waals surface area contributed by atoms with Crippen LogP contribution in [0.4, 0.5) is 0 Å². The zero-order valence-corrected chi connectivity index (χ0v) is 11.8. The number of rotatable bonds is 8. The van der Waals surface area contributed by atoms with Gasteiger partial charge in [-0.25, -0.2) is 0 Å². The molecule has 0 saturated carbocycles. The lowest BCUT2D eigenvalue weighted by Gasteiger charge is -2.19. The molecule has 0 aromatic heterocycles. The number of halogens is 1. The highest BCUT2D eigenvalue weighted by atomic mass is 35.5. The Morgan fingerprint density at radius 3 is 2.83 bits per heavy atom. The van der Waals surface area contributed by atoms with Crippen LogP contribution in [0.5, 0.6) is 0 Å². The Hall–Kier alpha value is -0.830. The smallest absolute Gasteiger partial charge is 0.0463 e. The summed E-state index contributed by atoms with van der Waals surface area (Å²) in [6.45, 7) is 5.77. The maximum absolute atomic E-state index is 6.14. The monoisotopic (exact) mass is 266 g/mol. The van der Waals surface area contributed by atoms with Crippen molar-refractivity contribution in [3.63, 3.8) is 0 Å². The average Bonchev–Trinajstić information content (AvgIpc) is 2.38. The largest absolute Gasteiger partial charge is 0.271 e. The molecule has 0 aliphatic carbocycles. The molecule has 18 heavy (non-hydrogen) atoms. The fourth-order valence-corrected chi connectivity index (χ4v) is 2.33. The molecule has 0 saturated heterocycles. The van der Waals surface area contributed by atoms with Crippen LogP contribution in [0.2, 0.25) is 5.02 Å². The number of unbranched alkanes of at least 4 members (excludes halogenated alkanes) is 3. The van der Waals surface area contributed by atoms with Crippen LogP contribution in [0.25, 0.3) is 0 Å². The average molecular weight is 267 g/mol. The van der Waals surface area contributed by atoms with Crippen molar-refractivity contribution < 1.29 is 0 Å². The molecule has 1 aromatic rings. The summed E-state index contributed by atoms with van der Waals surface area (Å²) in [5.41, 5.74) is 5.22. The third-order valence-electron chi connectivity index (χ3n) is 3.29. The molecule has 0 amide bonds. The molecule has 1 unspecified atom stereocenters. The van der Waals surface area contributed by atoms with Gasteiger partial charge >= 0.3 is 0 Å². The van der Waals surface area contributed by atoms with E-state index in [9.17, 15) is 0 Å². The zero-order chi connectivity index (χ0) is 13.4. The van der Waals surface area contributed by atoms with Crippen LogP contribution in [0.3, 0.4) is 0 Å². The minimum atomic E-state index is 0.187. The van der Waals surface area contributed by atoms with E-state index >= 15 is 0 Å². The van der Waals surface area contributed by atoms with Crippen molar-refractivity contribution in [2.75, 3.05) is 0 Å². The molecule has 3 heteroatoms. The van der Waals surface area contributed by atoms with Crippen LogP contribution < -0.4 is 11.3 Å². The number of nitrogens with one attached hydrogen (secondary N) is 1. The molecule has 0 radical (unpaired) electrons. The van der Waals surface area contributed by atoms with E-state index in [-0.39, 0.29) is 6.04 Å². The first-order valence-electron chi connectivity index (χ1n) is 6.52. The molecule has 0 spiro atoms. The summed E-state index contributed by atoms with van der Waals surface area (Å²) in [6.07, 6.45) is 7.68. The van der Waals surface area contributed by atoms with Crippen molar-refractivity contribution in [3.05, 3.63) is 47.0 Å². The number of nitrogens with two attached hydrogens (primary N) is 1. The van der Waals surface area contributed by atoms with Gasteiger partial charge in [-0.3, -0.25) is 11.3 Å². The van der Waals surface area contributed by atoms with Crippen LogP contribution in [-0.4, -0.2) is 0 Å². The molecular formula is C15H23ClN2. The van der Waals surface area contributed by atoms with E-state index in [4.69, 9.17) is 17.4 Å². The van der Waals surface area contributed by atoms with Gasteiger partial charge in [0, 0.05) is 11.1 Å². The van der Waals surface area contributed by atoms with Crippen LogP contribution in [0.15, 0.2) is 30.9 Å². The summed E-state index contributed by atoms with van der Waals surface area (Å²) in [5, 5.41) is 0.805. The first-order chi connectivity index (χ1) is 8.70. The molecule has 1 rings (SSSR count). The number of hydrazine groups is 1. The molecule has 0 aliphatic heterocycles. The first-order valence-corrected chi connectivity index (χ1v) is 6.90. The minimum absolute atomic E-state index is 0.187. The molecule has 1 aromatic carbocycles. The minimum Gasteiger partial charge on any atom is -0.271 e. The summed E-state index contributed by atoms with van der Waals surface area (Å²) in [5.74, 6) is 5.66. The molecule has 0 bridgehead atoms. The second-order valence-corrected chi connectivity index (χ2v) is 5.01. The Kier molecular flexibility index (Phi) is 7.02. The van der Waals surface area contributed by atoms with Crippen molar-refractivity contribution >= 4 is 11.6 Å². The highest BCUT2D eigenvalue weighted by molar-refractivity contribution is 6.31. The highest BCUT2D eigenvalue weighted by Crippen LogP contribution is 2.27. The molecular weight excluding hydrogens is 244 g/mol. The Morgan fingerprint density at radius 2 is 2.17 bits per heavy atom. The fraction of sp³-hybridized carbons (Fsp3) is 0.467. The van der Waals surface area contributed by atoms with E-state index in [0.29, 0.717) is 0 Å². The SMILES string of the molecule is C=CCCCCCC(NN)c1cccc(Cl)c1C. The lowest BCUT2D eigenvalue weighted by Crippen LogP contribution is -2.28. The first kappa shape index (κ1) is 15.2. The normalized spacial score (nSPS) is 12.4. The van der Waals surface area contributed by atoms with Gasteiger partial charge in [-0.1, -0.05) is 42.7 Å². The summed E-state index contributed by atoms with van der Waals surface area (Å²) in [6, 6.07) is 6.17. The van der Waals surface area contributed by atoms with E-state index in [0.717, 1.165) is 29.8 Å². The maximum atomic E-state index is 6.14. The van der Waals surface area contributed by atoms with Crippen LogP contribution >= 0.6 is 11.6 Å². The van der Waals surface area contributed by atoms with Gasteiger partial charge in [-0.05, 0) is 43.4 Å². The molecule has 3 N–H and O–H groups in total. The topological polar surface area (TPSA) is 38.0 Å². The van der Waals surface area contributed by atoms with Gasteiger partial charge in [0.2, 0.25) is 0 Å². The summed E-state index contributed by atoms with van der Waals surface area (Å²) < 4.78 is 0. The molecule has 0 heterocycles. The number of benzene rings is 1. The predicted octanol–water partition coefficient (Wildman–Crippen LogP) is 4.29. The molecule has 0 fully saturated rings. The van der Waals surface area contributed by atoms with Crippen molar-refractivity contribution in [2.24, 2.45) is 5.84 Å². The fourth-order valence-electron chi connectivity index (χ4n) is 2.14. The quantitative estimate of drug-likeness (QED) is 0.319. The number of hydrogen-bond donors (Lipinski definition) is 2. The van der Waals surface area contributed by atoms with Crippen LogP contribution in [0, 0.1) is 6.92 Å². The van der Waals surface area contributed by atoms with Crippen molar-refractivity contribution in [1.29, 1.82) is 0 Å². The van der Waals surface area contributed by atoms with E-state index in [1.54, 1.807) is 0 Å². The lowest BCUT2D eigenvalue weighted by atomic mass is 9.97. The van der Waals surface area contributed by atoms with Crippen molar-refractivity contribution in [1.82, 2.24) is 5.43 Å². The number of allylic oxidation sites excluding steroid dienone is 1. The zero-order valence-electron chi connectivity index (χ0n) is 11.1. The molecule has 2 nitrogen and oxygen atoms in total. The third kappa shape index (κ3) is 4.45. The summed E-state index contributed by atoms with van der Waals surface area (Å²) in [7, 11) is 0. The van der Waals surface area contributed by atoms with Crippen molar-refractivity contribution in [3.8, 4) is 0 Å². The van der Waals surface area contributed by atoms with Gasteiger partial charge in [-0.15, -0.1) is 6.58 Å². The van der Waals surface area contributed by atoms with Gasteiger partial charge in [0.1, 0.15) is 0 Å². The molecule has 100 valence electrons. The second kappa shape index (κ2) is 8.30. The summed E-state index contributed by atoms with van der Waals surface area (Å²) in [4.78, 5) is 0. The van der Waals surface area contributed by atoms with Crippen LogP contribution in [-0.2, 0) is 0 Å².